The molecule has 0 spiro atoms. The number of allylic oxidation sites excluding steroid dienone is 1. The van der Waals surface area contributed by atoms with E-state index >= 15 is 0 Å². The standard InChI is InChI=1S/C17H15F3N2O3/c1-24-14-6-5-12(8-15(14)25-2)22-13(9-16(23)17(18,19)20)11-4-3-7-21-10-11/h3-10,22H,1-2H3/b13-9-. The average Bonchev–Trinajstić information content (AvgIpc) is 2.60. The molecule has 2 aromatic rings. The van der Waals surface area contributed by atoms with E-state index in [1.807, 2.05) is 0 Å². The van der Waals surface area contributed by atoms with Gasteiger partial charge in [-0.05, 0) is 24.3 Å². The largest absolute Gasteiger partial charge is 0.493 e. The van der Waals surface area contributed by atoms with Crippen molar-refractivity contribution >= 4 is 17.2 Å². The van der Waals surface area contributed by atoms with Crippen LogP contribution < -0.4 is 14.8 Å². The van der Waals surface area contributed by atoms with Crippen LogP contribution in [0.25, 0.3) is 5.70 Å². The molecular formula is C17H15F3N2O3. The van der Waals surface area contributed by atoms with E-state index in [2.05, 4.69) is 10.3 Å². The Balaban J connectivity index is 2.41. The van der Waals surface area contributed by atoms with Gasteiger partial charge in [-0.2, -0.15) is 13.2 Å². The maximum Gasteiger partial charge on any atom is 0.454 e. The van der Waals surface area contributed by atoms with Gasteiger partial charge in [0.05, 0.1) is 19.9 Å². The molecule has 132 valence electrons. The molecule has 2 rings (SSSR count). The lowest BCUT2D eigenvalue weighted by atomic mass is 10.1. The number of ether oxygens (including phenoxy) is 2. The number of aromatic nitrogens is 1. The van der Waals surface area contributed by atoms with E-state index in [1.165, 1.54) is 32.7 Å². The van der Waals surface area contributed by atoms with E-state index < -0.39 is 12.0 Å². The number of ketones is 1. The van der Waals surface area contributed by atoms with Gasteiger partial charge in [0.2, 0.25) is 0 Å². The van der Waals surface area contributed by atoms with Crippen molar-refractivity contribution in [1.82, 2.24) is 4.98 Å². The smallest absolute Gasteiger partial charge is 0.454 e. The number of rotatable bonds is 6. The zero-order chi connectivity index (χ0) is 18.4. The highest BCUT2D eigenvalue weighted by molar-refractivity contribution is 6.02. The van der Waals surface area contributed by atoms with Crippen molar-refractivity contribution in [3.8, 4) is 11.5 Å². The van der Waals surface area contributed by atoms with Crippen molar-refractivity contribution in [1.29, 1.82) is 0 Å². The van der Waals surface area contributed by atoms with Gasteiger partial charge in [-0.3, -0.25) is 9.78 Å². The summed E-state index contributed by atoms with van der Waals surface area (Å²) in [6.45, 7) is 0. The number of benzene rings is 1. The Labute approximate surface area is 142 Å². The molecule has 0 saturated heterocycles. The molecule has 1 aromatic heterocycles. The van der Waals surface area contributed by atoms with Crippen LogP contribution in [-0.4, -0.2) is 31.2 Å². The Morgan fingerprint density at radius 3 is 2.44 bits per heavy atom. The Bertz CT molecular complexity index is 774. The molecular weight excluding hydrogens is 337 g/mol. The molecule has 0 saturated carbocycles. The molecule has 25 heavy (non-hydrogen) atoms. The van der Waals surface area contributed by atoms with Crippen LogP contribution in [0.3, 0.4) is 0 Å². The molecule has 1 heterocycles. The highest BCUT2D eigenvalue weighted by Crippen LogP contribution is 2.31. The first kappa shape index (κ1) is 18.3. The van der Waals surface area contributed by atoms with E-state index in [4.69, 9.17) is 9.47 Å². The number of nitrogens with one attached hydrogen (secondary N) is 1. The summed E-state index contributed by atoms with van der Waals surface area (Å²) in [6, 6.07) is 7.81. The number of pyridine rings is 1. The van der Waals surface area contributed by atoms with Crippen LogP contribution in [0, 0.1) is 0 Å². The quantitative estimate of drug-likeness (QED) is 0.804. The molecule has 5 nitrogen and oxygen atoms in total. The molecule has 1 aromatic carbocycles. The zero-order valence-electron chi connectivity index (χ0n) is 13.4. The van der Waals surface area contributed by atoms with Crippen molar-refractivity contribution in [2.45, 2.75) is 6.18 Å². The Morgan fingerprint density at radius 2 is 1.88 bits per heavy atom. The van der Waals surface area contributed by atoms with Crippen molar-refractivity contribution in [3.05, 3.63) is 54.4 Å². The lowest BCUT2D eigenvalue weighted by Crippen LogP contribution is -2.21. The molecule has 0 aliphatic rings. The lowest BCUT2D eigenvalue weighted by molar-refractivity contribution is -0.165. The third-order valence-corrected chi connectivity index (χ3v) is 3.19. The van der Waals surface area contributed by atoms with Crippen LogP contribution in [0.4, 0.5) is 18.9 Å². The van der Waals surface area contributed by atoms with Gasteiger partial charge >= 0.3 is 6.18 Å². The van der Waals surface area contributed by atoms with Crippen molar-refractivity contribution in [3.63, 3.8) is 0 Å². The molecule has 0 aliphatic heterocycles. The fraction of sp³-hybridized carbons (Fsp3) is 0.176. The highest BCUT2D eigenvalue weighted by Gasteiger charge is 2.37. The van der Waals surface area contributed by atoms with Crippen LogP contribution in [0.5, 0.6) is 11.5 Å². The average molecular weight is 352 g/mol. The van der Waals surface area contributed by atoms with Gasteiger partial charge in [-0.15, -0.1) is 0 Å². The van der Waals surface area contributed by atoms with Gasteiger partial charge in [0.1, 0.15) is 0 Å². The van der Waals surface area contributed by atoms with Crippen LogP contribution in [-0.2, 0) is 4.79 Å². The fourth-order valence-electron chi connectivity index (χ4n) is 2.00. The van der Waals surface area contributed by atoms with Gasteiger partial charge in [-0.1, -0.05) is 0 Å². The summed E-state index contributed by atoms with van der Waals surface area (Å²) in [4.78, 5) is 15.2. The minimum atomic E-state index is -4.97. The van der Waals surface area contributed by atoms with E-state index in [-0.39, 0.29) is 5.70 Å². The molecule has 0 atom stereocenters. The molecule has 0 fully saturated rings. The minimum absolute atomic E-state index is 0.0392. The Hall–Kier alpha value is -3.03. The first-order chi connectivity index (χ1) is 11.8. The topological polar surface area (TPSA) is 60.5 Å². The number of nitrogens with zero attached hydrogens (tertiary/aromatic N) is 1. The summed E-state index contributed by atoms with van der Waals surface area (Å²) in [6.07, 6.45) is -1.65. The van der Waals surface area contributed by atoms with Gasteiger partial charge < -0.3 is 14.8 Å². The monoisotopic (exact) mass is 352 g/mol. The predicted octanol–water partition coefficient (Wildman–Crippen LogP) is 3.68. The van der Waals surface area contributed by atoms with Gasteiger partial charge in [0.25, 0.3) is 5.78 Å². The lowest BCUT2D eigenvalue weighted by Gasteiger charge is -2.14. The number of hydrogen-bond donors (Lipinski definition) is 1. The molecule has 8 heteroatoms. The third-order valence-electron chi connectivity index (χ3n) is 3.19. The maximum absolute atomic E-state index is 12.6. The number of carbonyl (C=O) groups excluding carboxylic acids is 1. The second kappa shape index (κ2) is 7.69. The summed E-state index contributed by atoms with van der Waals surface area (Å²) in [5, 5.41) is 2.79. The number of methoxy groups -OCH3 is 2. The maximum atomic E-state index is 12.6. The van der Waals surface area contributed by atoms with Crippen molar-refractivity contribution in [2.24, 2.45) is 0 Å². The number of halogens is 3. The SMILES string of the molecule is COc1ccc(N/C(=C\C(=O)C(F)(F)F)c2cccnc2)cc1OC. The van der Waals surface area contributed by atoms with E-state index in [9.17, 15) is 18.0 Å². The summed E-state index contributed by atoms with van der Waals surface area (Å²) in [7, 11) is 2.90. The Morgan fingerprint density at radius 1 is 1.16 bits per heavy atom. The number of anilines is 1. The fourth-order valence-corrected chi connectivity index (χ4v) is 2.00. The summed E-state index contributed by atoms with van der Waals surface area (Å²) in [5.74, 6) is -1.12. The molecule has 0 radical (unpaired) electrons. The highest BCUT2D eigenvalue weighted by atomic mass is 19.4. The predicted molar refractivity (Wildman–Crippen MR) is 86.4 cm³/mol. The first-order valence-corrected chi connectivity index (χ1v) is 7.07. The van der Waals surface area contributed by atoms with E-state index in [1.54, 1.807) is 24.3 Å². The number of hydrogen-bond acceptors (Lipinski definition) is 5. The summed E-state index contributed by atoms with van der Waals surface area (Å²) in [5.41, 5.74) is 0.709. The minimum Gasteiger partial charge on any atom is -0.493 e. The van der Waals surface area contributed by atoms with Crippen LogP contribution in [0.15, 0.2) is 48.8 Å². The second-order valence-electron chi connectivity index (χ2n) is 4.86. The summed E-state index contributed by atoms with van der Waals surface area (Å²) >= 11 is 0. The van der Waals surface area contributed by atoms with Crippen LogP contribution >= 0.6 is 0 Å². The van der Waals surface area contributed by atoms with E-state index in [0.29, 0.717) is 28.8 Å². The van der Waals surface area contributed by atoms with Gasteiger partial charge in [-0.25, -0.2) is 0 Å². The third kappa shape index (κ3) is 4.72. The van der Waals surface area contributed by atoms with Crippen molar-refractivity contribution < 1.29 is 27.4 Å². The molecule has 1 N–H and O–H groups in total. The number of alkyl halides is 3. The van der Waals surface area contributed by atoms with Crippen molar-refractivity contribution in [2.75, 3.05) is 19.5 Å². The second-order valence-corrected chi connectivity index (χ2v) is 4.86. The molecule has 0 unspecified atom stereocenters. The number of carbonyl (C=O) groups is 1. The Kier molecular flexibility index (Phi) is 5.63. The molecule has 0 bridgehead atoms. The van der Waals surface area contributed by atoms with Gasteiger partial charge in [0, 0.05) is 35.8 Å². The van der Waals surface area contributed by atoms with Crippen LogP contribution in [0.1, 0.15) is 5.56 Å². The molecule has 0 amide bonds. The van der Waals surface area contributed by atoms with Gasteiger partial charge in [0.15, 0.2) is 11.5 Å². The summed E-state index contributed by atoms with van der Waals surface area (Å²) < 4.78 is 48.1. The zero-order valence-corrected chi connectivity index (χ0v) is 13.4. The van der Waals surface area contributed by atoms with Crippen LogP contribution in [0.2, 0.25) is 0 Å². The molecule has 0 aliphatic carbocycles. The van der Waals surface area contributed by atoms with E-state index in [0.717, 1.165) is 0 Å². The normalized spacial score (nSPS) is 11.8. The first-order valence-electron chi connectivity index (χ1n) is 7.07.